The molecule has 1 aliphatic heterocycles. The van der Waals surface area contributed by atoms with E-state index in [1.165, 1.54) is 0 Å². The van der Waals surface area contributed by atoms with Crippen LogP contribution in [0.4, 0.5) is 0 Å². The number of fused-ring (bicyclic) bond motifs is 1. The van der Waals surface area contributed by atoms with Crippen molar-refractivity contribution in [3.8, 4) is 0 Å². The number of H-pyrrole nitrogens is 1. The van der Waals surface area contributed by atoms with Gasteiger partial charge in [0.25, 0.3) is 5.91 Å². The van der Waals surface area contributed by atoms with Gasteiger partial charge in [0, 0.05) is 18.2 Å². The summed E-state index contributed by atoms with van der Waals surface area (Å²) in [6.45, 7) is 2.99. The van der Waals surface area contributed by atoms with Crippen LogP contribution in [-0.4, -0.2) is 33.4 Å². The molecule has 4 nitrogen and oxygen atoms in total. The van der Waals surface area contributed by atoms with E-state index in [0.29, 0.717) is 6.04 Å². The van der Waals surface area contributed by atoms with Gasteiger partial charge in [-0.25, -0.2) is 4.98 Å². The Hall–Kier alpha value is -1.84. The molecule has 0 aliphatic carbocycles. The summed E-state index contributed by atoms with van der Waals surface area (Å²) in [7, 11) is 0. The van der Waals surface area contributed by atoms with Gasteiger partial charge < -0.3 is 9.88 Å². The number of benzene rings is 1. The quantitative estimate of drug-likeness (QED) is 0.814. The lowest BCUT2D eigenvalue weighted by molar-refractivity contribution is 0.0747. The van der Waals surface area contributed by atoms with E-state index in [0.717, 1.165) is 36.0 Å². The Morgan fingerprint density at radius 2 is 2.41 bits per heavy atom. The maximum absolute atomic E-state index is 12.3. The van der Waals surface area contributed by atoms with Gasteiger partial charge in [-0.1, -0.05) is 0 Å². The van der Waals surface area contributed by atoms with Crippen LogP contribution in [0.5, 0.6) is 0 Å². The number of carbonyl (C=O) groups excluding carboxylic acids is 1. The average molecular weight is 229 g/mol. The average Bonchev–Trinajstić information content (AvgIpc) is 2.95. The standard InChI is InChI=1S/C13H15N3O/c1-9-3-2-6-16(9)13(17)10-4-5-11-12(7-10)15-8-14-11/h4-5,7-9H,2-3,6H2,1H3,(H,14,15). The van der Waals surface area contributed by atoms with Crippen LogP contribution in [-0.2, 0) is 0 Å². The van der Waals surface area contributed by atoms with Crippen molar-refractivity contribution >= 4 is 16.9 Å². The van der Waals surface area contributed by atoms with Crippen molar-refractivity contribution in [3.63, 3.8) is 0 Å². The fraction of sp³-hybridized carbons (Fsp3) is 0.385. The molecule has 0 bridgehead atoms. The van der Waals surface area contributed by atoms with Crippen molar-refractivity contribution in [2.75, 3.05) is 6.54 Å². The van der Waals surface area contributed by atoms with E-state index >= 15 is 0 Å². The molecule has 1 unspecified atom stereocenters. The van der Waals surface area contributed by atoms with Crippen LogP contribution < -0.4 is 0 Å². The number of carbonyl (C=O) groups is 1. The van der Waals surface area contributed by atoms with E-state index in [-0.39, 0.29) is 5.91 Å². The molecule has 2 aromatic rings. The molecule has 0 radical (unpaired) electrons. The molecule has 1 aliphatic rings. The molecule has 0 saturated carbocycles. The molecule has 2 heterocycles. The van der Waals surface area contributed by atoms with Gasteiger partial charge in [0.2, 0.25) is 0 Å². The first kappa shape index (κ1) is 10.3. The van der Waals surface area contributed by atoms with Crippen LogP contribution in [0.2, 0.25) is 0 Å². The smallest absolute Gasteiger partial charge is 0.254 e. The van der Waals surface area contributed by atoms with Crippen LogP contribution >= 0.6 is 0 Å². The Kier molecular flexibility index (Phi) is 2.35. The van der Waals surface area contributed by atoms with Crippen molar-refractivity contribution in [3.05, 3.63) is 30.1 Å². The number of aromatic amines is 1. The number of likely N-dealkylation sites (tertiary alicyclic amines) is 1. The first-order chi connectivity index (χ1) is 8.25. The molecule has 17 heavy (non-hydrogen) atoms. The molecule has 1 saturated heterocycles. The number of hydrogen-bond donors (Lipinski definition) is 1. The maximum Gasteiger partial charge on any atom is 0.254 e. The third-order valence-electron chi connectivity index (χ3n) is 3.48. The normalized spacial score (nSPS) is 20.1. The highest BCUT2D eigenvalue weighted by Crippen LogP contribution is 2.20. The minimum Gasteiger partial charge on any atom is -0.345 e. The first-order valence-corrected chi connectivity index (χ1v) is 6.00. The lowest BCUT2D eigenvalue weighted by atomic mass is 10.1. The second-order valence-electron chi connectivity index (χ2n) is 4.62. The summed E-state index contributed by atoms with van der Waals surface area (Å²) in [5.41, 5.74) is 2.56. The number of nitrogens with one attached hydrogen (secondary N) is 1. The zero-order valence-electron chi connectivity index (χ0n) is 9.81. The zero-order chi connectivity index (χ0) is 11.8. The van der Waals surface area contributed by atoms with Crippen molar-refractivity contribution < 1.29 is 4.79 Å². The molecule has 0 spiro atoms. The predicted octanol–water partition coefficient (Wildman–Crippen LogP) is 2.19. The second kappa shape index (κ2) is 3.87. The highest BCUT2D eigenvalue weighted by atomic mass is 16.2. The van der Waals surface area contributed by atoms with Gasteiger partial charge in [-0.05, 0) is 38.0 Å². The van der Waals surface area contributed by atoms with Crippen LogP contribution in [0.3, 0.4) is 0 Å². The molecule has 1 N–H and O–H groups in total. The number of aromatic nitrogens is 2. The largest absolute Gasteiger partial charge is 0.345 e. The van der Waals surface area contributed by atoms with Gasteiger partial charge in [0.1, 0.15) is 0 Å². The van der Waals surface area contributed by atoms with E-state index in [1.54, 1.807) is 6.33 Å². The third kappa shape index (κ3) is 1.69. The Balaban J connectivity index is 1.94. The summed E-state index contributed by atoms with van der Waals surface area (Å²) in [4.78, 5) is 21.5. The van der Waals surface area contributed by atoms with E-state index in [1.807, 2.05) is 23.1 Å². The molecular weight excluding hydrogens is 214 g/mol. The van der Waals surface area contributed by atoms with Crippen molar-refractivity contribution in [2.24, 2.45) is 0 Å². The Morgan fingerprint density at radius 3 is 3.18 bits per heavy atom. The Labute approximate surface area is 99.6 Å². The molecular formula is C13H15N3O. The number of amides is 1. The van der Waals surface area contributed by atoms with Crippen molar-refractivity contribution in [1.82, 2.24) is 14.9 Å². The van der Waals surface area contributed by atoms with Crippen LogP contribution in [0.25, 0.3) is 11.0 Å². The molecule has 1 amide bonds. The lowest BCUT2D eigenvalue weighted by Crippen LogP contribution is -2.33. The monoisotopic (exact) mass is 229 g/mol. The van der Waals surface area contributed by atoms with E-state index in [2.05, 4.69) is 16.9 Å². The van der Waals surface area contributed by atoms with Crippen molar-refractivity contribution in [2.45, 2.75) is 25.8 Å². The fourth-order valence-electron chi connectivity index (χ4n) is 2.47. The van der Waals surface area contributed by atoms with E-state index in [4.69, 9.17) is 0 Å². The minimum absolute atomic E-state index is 0.131. The number of imidazole rings is 1. The lowest BCUT2D eigenvalue weighted by Gasteiger charge is -2.21. The van der Waals surface area contributed by atoms with E-state index < -0.39 is 0 Å². The molecule has 1 fully saturated rings. The minimum atomic E-state index is 0.131. The Morgan fingerprint density at radius 1 is 1.53 bits per heavy atom. The van der Waals surface area contributed by atoms with Gasteiger partial charge in [0.05, 0.1) is 17.4 Å². The first-order valence-electron chi connectivity index (χ1n) is 6.00. The summed E-state index contributed by atoms with van der Waals surface area (Å²) in [5.74, 6) is 0.131. The number of nitrogens with zero attached hydrogens (tertiary/aromatic N) is 2. The Bertz CT molecular complexity index is 561. The van der Waals surface area contributed by atoms with Gasteiger partial charge >= 0.3 is 0 Å². The third-order valence-corrected chi connectivity index (χ3v) is 3.48. The number of hydrogen-bond acceptors (Lipinski definition) is 2. The summed E-state index contributed by atoms with van der Waals surface area (Å²) in [6.07, 6.45) is 3.87. The second-order valence-corrected chi connectivity index (χ2v) is 4.62. The molecule has 1 aromatic carbocycles. The van der Waals surface area contributed by atoms with E-state index in [9.17, 15) is 4.79 Å². The summed E-state index contributed by atoms with van der Waals surface area (Å²) in [6, 6.07) is 5.99. The molecule has 3 rings (SSSR count). The highest BCUT2D eigenvalue weighted by molar-refractivity contribution is 5.97. The van der Waals surface area contributed by atoms with Gasteiger partial charge in [-0.3, -0.25) is 4.79 Å². The molecule has 1 atom stereocenters. The van der Waals surface area contributed by atoms with Gasteiger partial charge in [-0.15, -0.1) is 0 Å². The van der Waals surface area contributed by atoms with Crippen molar-refractivity contribution in [1.29, 1.82) is 0 Å². The molecule has 4 heteroatoms. The highest BCUT2D eigenvalue weighted by Gasteiger charge is 2.25. The summed E-state index contributed by atoms with van der Waals surface area (Å²) >= 11 is 0. The maximum atomic E-state index is 12.3. The topological polar surface area (TPSA) is 49.0 Å². The molecule has 88 valence electrons. The molecule has 1 aromatic heterocycles. The van der Waals surface area contributed by atoms with Crippen LogP contribution in [0, 0.1) is 0 Å². The van der Waals surface area contributed by atoms with Gasteiger partial charge in [0.15, 0.2) is 0 Å². The fourth-order valence-corrected chi connectivity index (χ4v) is 2.47. The SMILES string of the molecule is CC1CCCN1C(=O)c1ccc2nc[nH]c2c1. The summed E-state index contributed by atoms with van der Waals surface area (Å²) in [5, 5.41) is 0. The van der Waals surface area contributed by atoms with Gasteiger partial charge in [-0.2, -0.15) is 0 Å². The zero-order valence-corrected chi connectivity index (χ0v) is 9.81. The van der Waals surface area contributed by atoms with Crippen LogP contribution in [0.15, 0.2) is 24.5 Å². The predicted molar refractivity (Wildman–Crippen MR) is 65.8 cm³/mol. The summed E-state index contributed by atoms with van der Waals surface area (Å²) < 4.78 is 0. The number of rotatable bonds is 1. The van der Waals surface area contributed by atoms with Crippen LogP contribution in [0.1, 0.15) is 30.1 Å².